The predicted molar refractivity (Wildman–Crippen MR) is 122 cm³/mol. The molecule has 0 aliphatic carbocycles. The molecule has 168 valence electrons. The van der Waals surface area contributed by atoms with E-state index in [1.165, 1.54) is 0 Å². The van der Waals surface area contributed by atoms with E-state index in [-0.39, 0.29) is 17.7 Å². The molecular weight excluding hydrogens is 406 g/mol. The lowest BCUT2D eigenvalue weighted by Gasteiger charge is -2.32. The maximum atomic E-state index is 12.7. The van der Waals surface area contributed by atoms with Gasteiger partial charge in [-0.15, -0.1) is 15.3 Å². The third-order valence-corrected chi connectivity index (χ3v) is 5.61. The van der Waals surface area contributed by atoms with Gasteiger partial charge in [0.05, 0.1) is 0 Å². The van der Waals surface area contributed by atoms with Gasteiger partial charge in [0.15, 0.2) is 5.65 Å². The number of nitrogens with zero attached hydrogens (tertiary/aromatic N) is 5. The summed E-state index contributed by atoms with van der Waals surface area (Å²) < 4.78 is 1.66. The van der Waals surface area contributed by atoms with E-state index in [1.54, 1.807) is 10.8 Å². The molecule has 1 fully saturated rings. The van der Waals surface area contributed by atoms with Crippen LogP contribution >= 0.6 is 0 Å². The largest absolute Gasteiger partial charge is 0.355 e. The Balaban J connectivity index is 1.26. The molecule has 4 rings (SSSR count). The summed E-state index contributed by atoms with van der Waals surface area (Å²) in [5.41, 5.74) is 2.43. The predicted octanol–water partition coefficient (Wildman–Crippen LogP) is 2.64. The molecule has 3 aromatic rings. The molecule has 0 unspecified atom stereocenters. The van der Waals surface area contributed by atoms with Crippen molar-refractivity contribution in [3.8, 4) is 0 Å². The van der Waals surface area contributed by atoms with Crippen LogP contribution in [-0.4, -0.2) is 44.7 Å². The molecule has 32 heavy (non-hydrogen) atoms. The van der Waals surface area contributed by atoms with Crippen molar-refractivity contribution in [2.75, 3.05) is 23.3 Å². The first-order valence-electron chi connectivity index (χ1n) is 11.1. The summed E-state index contributed by atoms with van der Waals surface area (Å²) in [5.74, 6) is 1.24. The summed E-state index contributed by atoms with van der Waals surface area (Å²) in [7, 11) is 0. The summed E-state index contributed by atoms with van der Waals surface area (Å²) in [6.07, 6.45) is 3.63. The Morgan fingerprint density at radius 3 is 2.75 bits per heavy atom. The zero-order valence-corrected chi connectivity index (χ0v) is 18.5. The van der Waals surface area contributed by atoms with Crippen molar-refractivity contribution >= 4 is 29.0 Å². The number of anilines is 2. The van der Waals surface area contributed by atoms with Crippen LogP contribution in [0.4, 0.5) is 11.5 Å². The molecule has 1 aliphatic rings. The average Bonchev–Trinajstić information content (AvgIpc) is 3.25. The molecule has 2 N–H and O–H groups in total. The summed E-state index contributed by atoms with van der Waals surface area (Å²) in [6, 6.07) is 11.5. The lowest BCUT2D eigenvalue weighted by atomic mass is 9.96. The van der Waals surface area contributed by atoms with Gasteiger partial charge in [0.1, 0.15) is 12.1 Å². The highest BCUT2D eigenvalue weighted by molar-refractivity contribution is 5.90. The molecule has 0 saturated carbocycles. The van der Waals surface area contributed by atoms with Crippen LogP contribution in [0.2, 0.25) is 0 Å². The summed E-state index contributed by atoms with van der Waals surface area (Å²) in [6.45, 7) is 6.02. The number of carbonyl (C=O) groups excluding carboxylic acids is 2. The first-order valence-corrected chi connectivity index (χ1v) is 11.1. The van der Waals surface area contributed by atoms with E-state index in [2.05, 4.69) is 30.8 Å². The Bertz CT molecular complexity index is 1090. The number of hydrogen-bond donors (Lipinski definition) is 2. The number of carbonyl (C=O) groups is 2. The van der Waals surface area contributed by atoms with E-state index in [1.807, 2.05) is 50.2 Å². The molecule has 2 amide bonds. The van der Waals surface area contributed by atoms with Gasteiger partial charge < -0.3 is 15.5 Å². The molecule has 9 heteroatoms. The number of nitrogens with one attached hydrogen (secondary N) is 2. The van der Waals surface area contributed by atoms with E-state index >= 15 is 0 Å². The van der Waals surface area contributed by atoms with Gasteiger partial charge in [-0.2, -0.15) is 4.52 Å². The van der Waals surface area contributed by atoms with E-state index in [4.69, 9.17) is 0 Å². The molecule has 1 saturated heterocycles. The lowest BCUT2D eigenvalue weighted by Crippen LogP contribution is -2.40. The second kappa shape index (κ2) is 9.76. The van der Waals surface area contributed by atoms with Gasteiger partial charge in [0, 0.05) is 37.7 Å². The first kappa shape index (κ1) is 21.7. The van der Waals surface area contributed by atoms with Crippen LogP contribution in [0, 0.1) is 11.8 Å². The van der Waals surface area contributed by atoms with Gasteiger partial charge in [0.25, 0.3) is 0 Å². The van der Waals surface area contributed by atoms with Crippen LogP contribution in [0.3, 0.4) is 0 Å². The minimum atomic E-state index is -0.0150. The highest BCUT2D eigenvalue weighted by atomic mass is 16.2. The van der Waals surface area contributed by atoms with E-state index < -0.39 is 0 Å². The molecule has 3 heterocycles. The van der Waals surface area contributed by atoms with Gasteiger partial charge in [-0.1, -0.05) is 26.0 Å². The number of benzene rings is 1. The molecule has 0 radical (unpaired) electrons. The number of piperidine rings is 1. The molecule has 2 aromatic heterocycles. The van der Waals surface area contributed by atoms with Crippen molar-refractivity contribution in [3.63, 3.8) is 0 Å². The zero-order valence-electron chi connectivity index (χ0n) is 18.5. The molecule has 0 bridgehead atoms. The Morgan fingerprint density at radius 2 is 1.97 bits per heavy atom. The molecule has 9 nitrogen and oxygen atoms in total. The second-order valence-corrected chi connectivity index (χ2v) is 8.65. The highest BCUT2D eigenvalue weighted by Crippen LogP contribution is 2.22. The van der Waals surface area contributed by atoms with Gasteiger partial charge >= 0.3 is 0 Å². The van der Waals surface area contributed by atoms with E-state index in [9.17, 15) is 9.59 Å². The Morgan fingerprint density at radius 1 is 1.16 bits per heavy atom. The van der Waals surface area contributed by atoms with Crippen molar-refractivity contribution in [3.05, 3.63) is 48.3 Å². The quantitative estimate of drug-likeness (QED) is 0.591. The van der Waals surface area contributed by atoms with Crippen molar-refractivity contribution in [1.82, 2.24) is 25.1 Å². The number of amides is 2. The maximum absolute atomic E-state index is 12.7. The van der Waals surface area contributed by atoms with Crippen molar-refractivity contribution in [2.45, 2.75) is 39.7 Å². The fourth-order valence-corrected chi connectivity index (χ4v) is 3.93. The monoisotopic (exact) mass is 435 g/mol. The van der Waals surface area contributed by atoms with Gasteiger partial charge in [-0.3, -0.25) is 9.59 Å². The molecule has 1 aliphatic heterocycles. The fraction of sp³-hybridized carbons (Fsp3) is 0.435. The fourth-order valence-electron chi connectivity index (χ4n) is 3.93. The van der Waals surface area contributed by atoms with Crippen LogP contribution < -0.4 is 15.5 Å². The third kappa shape index (κ3) is 5.40. The second-order valence-electron chi connectivity index (χ2n) is 8.65. The van der Waals surface area contributed by atoms with Gasteiger partial charge in [-0.25, -0.2) is 0 Å². The minimum Gasteiger partial charge on any atom is -0.355 e. The lowest BCUT2D eigenvalue weighted by molar-refractivity contribution is -0.125. The summed E-state index contributed by atoms with van der Waals surface area (Å²) in [4.78, 5) is 26.9. The standard InChI is InChI=1S/C23H29N7O2/c1-16(2)12-22(31)26-19-5-3-4-17(13-19)14-24-23(32)18-8-10-29(11-9-18)21-7-6-20-27-25-15-30(20)28-21/h3-7,13,15-16,18H,8-12,14H2,1-2H3,(H,24,32)(H,26,31). The Labute approximate surface area is 187 Å². The number of aromatic nitrogens is 4. The number of rotatable bonds is 7. The smallest absolute Gasteiger partial charge is 0.224 e. The van der Waals surface area contributed by atoms with Crippen LogP contribution in [0.1, 0.15) is 38.7 Å². The van der Waals surface area contributed by atoms with Gasteiger partial charge in [-0.05, 0) is 48.6 Å². The maximum Gasteiger partial charge on any atom is 0.224 e. The minimum absolute atomic E-state index is 0.00545. The molecule has 0 spiro atoms. The van der Waals surface area contributed by atoms with Crippen LogP contribution in [-0.2, 0) is 16.1 Å². The van der Waals surface area contributed by atoms with Crippen molar-refractivity contribution < 1.29 is 9.59 Å². The Kier molecular flexibility index (Phi) is 6.63. The SMILES string of the molecule is CC(C)CC(=O)Nc1cccc(CNC(=O)C2CCN(c3ccc4nncn4n3)CC2)c1. The summed E-state index contributed by atoms with van der Waals surface area (Å²) in [5, 5.41) is 18.3. The molecular formula is C23H29N7O2. The normalized spacial score (nSPS) is 14.7. The van der Waals surface area contributed by atoms with Crippen LogP contribution in [0.5, 0.6) is 0 Å². The third-order valence-electron chi connectivity index (χ3n) is 5.61. The Hall–Kier alpha value is -3.49. The van der Waals surface area contributed by atoms with Crippen molar-refractivity contribution in [1.29, 1.82) is 0 Å². The van der Waals surface area contributed by atoms with Crippen LogP contribution in [0.15, 0.2) is 42.7 Å². The van der Waals surface area contributed by atoms with E-state index in [0.29, 0.717) is 24.5 Å². The number of fused-ring (bicyclic) bond motifs is 1. The summed E-state index contributed by atoms with van der Waals surface area (Å²) >= 11 is 0. The van der Waals surface area contributed by atoms with E-state index in [0.717, 1.165) is 43.0 Å². The highest BCUT2D eigenvalue weighted by Gasteiger charge is 2.25. The molecule has 0 atom stereocenters. The first-order chi connectivity index (χ1) is 15.5. The zero-order chi connectivity index (χ0) is 22.5. The van der Waals surface area contributed by atoms with Crippen LogP contribution in [0.25, 0.3) is 5.65 Å². The topological polar surface area (TPSA) is 105 Å². The van der Waals surface area contributed by atoms with Gasteiger partial charge in [0.2, 0.25) is 11.8 Å². The average molecular weight is 436 g/mol. The number of hydrogen-bond acceptors (Lipinski definition) is 6. The molecule has 1 aromatic carbocycles. The van der Waals surface area contributed by atoms with Crippen molar-refractivity contribution in [2.24, 2.45) is 11.8 Å².